The molecule has 0 unspecified atom stereocenters. The standard InChI is InChI=1S/C48H30N2O/c1-3-12-31(13-4-1)37-17-9-20-40-39(37)19-11-21-41(40)45-30-44(49-48(50-45)32-14-5-2-6-15-32)36-27-25-33-28-35(26-24-34(33)29-36)38-18-10-22-43-42-16-7-8-23-46(42)51-47(38)43/h1-30H. The molecular formula is C48H30N2O. The van der Waals surface area contributed by atoms with Crippen LogP contribution in [0.25, 0.3) is 99.6 Å². The first-order valence-electron chi connectivity index (χ1n) is 17.2. The van der Waals surface area contributed by atoms with Gasteiger partial charge in [0.15, 0.2) is 5.82 Å². The average Bonchev–Trinajstić information content (AvgIpc) is 3.59. The summed E-state index contributed by atoms with van der Waals surface area (Å²) < 4.78 is 6.36. The first-order valence-corrected chi connectivity index (χ1v) is 17.2. The molecule has 0 radical (unpaired) electrons. The van der Waals surface area contributed by atoms with Crippen LogP contribution in [0.1, 0.15) is 0 Å². The highest BCUT2D eigenvalue weighted by molar-refractivity contribution is 6.10. The van der Waals surface area contributed by atoms with Gasteiger partial charge in [-0.3, -0.25) is 0 Å². The molecule has 0 saturated heterocycles. The van der Waals surface area contributed by atoms with Gasteiger partial charge in [-0.05, 0) is 62.5 Å². The first-order chi connectivity index (χ1) is 25.3. The van der Waals surface area contributed by atoms with E-state index < -0.39 is 0 Å². The maximum atomic E-state index is 6.36. The van der Waals surface area contributed by atoms with Crippen molar-refractivity contribution in [3.8, 4) is 56.2 Å². The molecule has 10 aromatic rings. The Morgan fingerprint density at radius 1 is 0.333 bits per heavy atom. The highest BCUT2D eigenvalue weighted by Gasteiger charge is 2.16. The fourth-order valence-corrected chi connectivity index (χ4v) is 7.40. The number of aromatic nitrogens is 2. The van der Waals surface area contributed by atoms with E-state index in [0.29, 0.717) is 5.82 Å². The van der Waals surface area contributed by atoms with Crippen LogP contribution in [0.4, 0.5) is 0 Å². The summed E-state index contributed by atoms with van der Waals surface area (Å²) in [6.45, 7) is 0. The van der Waals surface area contributed by atoms with Gasteiger partial charge in [0.1, 0.15) is 11.2 Å². The molecule has 0 aliphatic rings. The molecule has 0 bridgehead atoms. The van der Waals surface area contributed by atoms with Crippen LogP contribution in [0.2, 0.25) is 0 Å². The molecule has 0 spiro atoms. The van der Waals surface area contributed by atoms with Crippen LogP contribution in [0, 0.1) is 0 Å². The maximum absolute atomic E-state index is 6.36. The van der Waals surface area contributed by atoms with E-state index in [2.05, 4.69) is 152 Å². The lowest BCUT2D eigenvalue weighted by molar-refractivity contribution is 0.670. The molecule has 238 valence electrons. The zero-order chi connectivity index (χ0) is 33.7. The Morgan fingerprint density at radius 3 is 1.69 bits per heavy atom. The molecule has 0 aliphatic heterocycles. The van der Waals surface area contributed by atoms with Crippen LogP contribution in [0.5, 0.6) is 0 Å². The summed E-state index contributed by atoms with van der Waals surface area (Å²) in [6.07, 6.45) is 0. The normalized spacial score (nSPS) is 11.5. The number of hydrogen-bond donors (Lipinski definition) is 0. The van der Waals surface area contributed by atoms with Gasteiger partial charge in [-0.25, -0.2) is 9.97 Å². The number of furan rings is 1. The largest absolute Gasteiger partial charge is 0.455 e. The van der Waals surface area contributed by atoms with Gasteiger partial charge in [0.25, 0.3) is 0 Å². The molecule has 0 atom stereocenters. The summed E-state index contributed by atoms with van der Waals surface area (Å²) in [5.41, 5.74) is 11.3. The highest BCUT2D eigenvalue weighted by atomic mass is 16.3. The molecule has 0 fully saturated rings. The van der Waals surface area contributed by atoms with E-state index in [4.69, 9.17) is 14.4 Å². The summed E-state index contributed by atoms with van der Waals surface area (Å²) in [5, 5.41) is 6.93. The van der Waals surface area contributed by atoms with E-state index >= 15 is 0 Å². The summed E-state index contributed by atoms with van der Waals surface area (Å²) in [4.78, 5) is 10.3. The van der Waals surface area contributed by atoms with Gasteiger partial charge in [-0.1, -0.05) is 158 Å². The maximum Gasteiger partial charge on any atom is 0.160 e. The Hall–Kier alpha value is -6.84. The van der Waals surface area contributed by atoms with Crippen molar-refractivity contribution in [3.05, 3.63) is 182 Å². The molecule has 0 saturated carbocycles. The van der Waals surface area contributed by atoms with Gasteiger partial charge in [0, 0.05) is 33.0 Å². The minimum Gasteiger partial charge on any atom is -0.455 e. The third-order valence-corrected chi connectivity index (χ3v) is 9.89. The van der Waals surface area contributed by atoms with E-state index in [1.165, 1.54) is 16.5 Å². The van der Waals surface area contributed by atoms with E-state index in [9.17, 15) is 0 Å². The van der Waals surface area contributed by atoms with Gasteiger partial charge in [-0.2, -0.15) is 0 Å². The zero-order valence-corrected chi connectivity index (χ0v) is 27.6. The van der Waals surface area contributed by atoms with Crippen molar-refractivity contribution in [1.82, 2.24) is 9.97 Å². The first kappa shape index (κ1) is 29.1. The van der Waals surface area contributed by atoms with Crippen molar-refractivity contribution >= 4 is 43.5 Å². The number of benzene rings is 8. The van der Waals surface area contributed by atoms with E-state index in [1.54, 1.807) is 0 Å². The second-order valence-corrected chi connectivity index (χ2v) is 13.0. The van der Waals surface area contributed by atoms with Gasteiger partial charge >= 0.3 is 0 Å². The summed E-state index contributed by atoms with van der Waals surface area (Å²) in [5.74, 6) is 0.702. The molecule has 0 amide bonds. The van der Waals surface area contributed by atoms with Crippen LogP contribution < -0.4 is 0 Å². The zero-order valence-electron chi connectivity index (χ0n) is 27.6. The predicted octanol–water partition coefficient (Wildman–Crippen LogP) is 13.0. The lowest BCUT2D eigenvalue weighted by Gasteiger charge is -2.13. The van der Waals surface area contributed by atoms with Crippen LogP contribution in [0.3, 0.4) is 0 Å². The summed E-state index contributed by atoms with van der Waals surface area (Å²) in [7, 11) is 0. The number of fused-ring (bicyclic) bond motifs is 5. The predicted molar refractivity (Wildman–Crippen MR) is 212 cm³/mol. The van der Waals surface area contributed by atoms with Gasteiger partial charge < -0.3 is 4.42 Å². The van der Waals surface area contributed by atoms with Gasteiger partial charge in [0.05, 0.1) is 11.4 Å². The van der Waals surface area contributed by atoms with Gasteiger partial charge in [-0.15, -0.1) is 0 Å². The van der Waals surface area contributed by atoms with Crippen LogP contribution in [-0.4, -0.2) is 9.97 Å². The highest BCUT2D eigenvalue weighted by Crippen LogP contribution is 2.39. The molecule has 2 heterocycles. The molecule has 51 heavy (non-hydrogen) atoms. The number of rotatable bonds is 5. The minimum atomic E-state index is 0.702. The molecular weight excluding hydrogens is 621 g/mol. The van der Waals surface area contributed by atoms with E-state index in [1.807, 2.05) is 30.3 Å². The fourth-order valence-electron chi connectivity index (χ4n) is 7.40. The van der Waals surface area contributed by atoms with Crippen molar-refractivity contribution in [1.29, 1.82) is 0 Å². The van der Waals surface area contributed by atoms with E-state index in [0.717, 1.165) is 77.3 Å². The molecule has 10 rings (SSSR count). The average molecular weight is 651 g/mol. The van der Waals surface area contributed by atoms with Crippen molar-refractivity contribution < 1.29 is 4.42 Å². The monoisotopic (exact) mass is 650 g/mol. The smallest absolute Gasteiger partial charge is 0.160 e. The minimum absolute atomic E-state index is 0.702. The Kier molecular flexibility index (Phi) is 6.81. The Balaban J connectivity index is 1.10. The molecule has 2 aromatic heterocycles. The number of hydrogen-bond acceptors (Lipinski definition) is 3. The van der Waals surface area contributed by atoms with Crippen molar-refractivity contribution in [3.63, 3.8) is 0 Å². The van der Waals surface area contributed by atoms with Crippen LogP contribution in [0.15, 0.2) is 186 Å². The Morgan fingerprint density at radius 2 is 0.902 bits per heavy atom. The van der Waals surface area contributed by atoms with Crippen molar-refractivity contribution in [2.45, 2.75) is 0 Å². The molecule has 0 aliphatic carbocycles. The van der Waals surface area contributed by atoms with Crippen molar-refractivity contribution in [2.75, 3.05) is 0 Å². The lowest BCUT2D eigenvalue weighted by atomic mass is 9.94. The number of nitrogens with zero attached hydrogens (tertiary/aromatic N) is 2. The van der Waals surface area contributed by atoms with E-state index in [-0.39, 0.29) is 0 Å². The third-order valence-electron chi connectivity index (χ3n) is 9.89. The molecule has 0 N–H and O–H groups in total. The summed E-state index contributed by atoms with van der Waals surface area (Å²) in [6, 6.07) is 63.8. The fraction of sp³-hybridized carbons (Fsp3) is 0. The molecule has 3 heteroatoms. The Bertz CT molecular complexity index is 2910. The SMILES string of the molecule is c1ccc(-c2nc(-c3ccc4cc(-c5cccc6c5oc5ccccc56)ccc4c3)cc(-c3cccc4c(-c5ccccc5)cccc34)n2)cc1. The van der Waals surface area contributed by atoms with Crippen molar-refractivity contribution in [2.24, 2.45) is 0 Å². The second kappa shape index (κ2) is 11.9. The molecule has 3 nitrogen and oxygen atoms in total. The summed E-state index contributed by atoms with van der Waals surface area (Å²) >= 11 is 0. The second-order valence-electron chi connectivity index (χ2n) is 13.0. The topological polar surface area (TPSA) is 38.9 Å². The Labute approximate surface area is 295 Å². The number of para-hydroxylation sites is 2. The molecule has 8 aromatic carbocycles. The van der Waals surface area contributed by atoms with Crippen LogP contribution >= 0.6 is 0 Å². The van der Waals surface area contributed by atoms with Gasteiger partial charge in [0.2, 0.25) is 0 Å². The quantitative estimate of drug-likeness (QED) is 0.186. The third kappa shape index (κ3) is 5.06. The van der Waals surface area contributed by atoms with Crippen LogP contribution in [-0.2, 0) is 0 Å². The lowest BCUT2D eigenvalue weighted by Crippen LogP contribution is -1.96.